The van der Waals surface area contributed by atoms with Gasteiger partial charge in [0.25, 0.3) is 11.8 Å². The summed E-state index contributed by atoms with van der Waals surface area (Å²) in [7, 11) is 0. The molecule has 3 rings (SSSR count). The van der Waals surface area contributed by atoms with Crippen LogP contribution in [0.4, 0.5) is 23.7 Å². The molecule has 0 atom stereocenters. The van der Waals surface area contributed by atoms with Gasteiger partial charge in [0.15, 0.2) is 0 Å². The Morgan fingerprint density at radius 2 is 1.81 bits per heavy atom. The molecule has 1 aromatic carbocycles. The van der Waals surface area contributed by atoms with E-state index in [1.165, 1.54) is 19.1 Å². The van der Waals surface area contributed by atoms with Crippen molar-refractivity contribution < 1.29 is 32.3 Å². The molecule has 0 unspecified atom stereocenters. The van der Waals surface area contributed by atoms with E-state index in [0.717, 1.165) is 11.0 Å². The van der Waals surface area contributed by atoms with Gasteiger partial charge in [-0.15, -0.1) is 0 Å². The summed E-state index contributed by atoms with van der Waals surface area (Å²) in [5.41, 5.74) is -1.51. The molecule has 0 spiro atoms. The van der Waals surface area contributed by atoms with Crippen molar-refractivity contribution in [3.8, 4) is 6.07 Å². The van der Waals surface area contributed by atoms with Crippen LogP contribution < -0.4 is 4.90 Å². The molecule has 36 heavy (non-hydrogen) atoms. The highest BCUT2D eigenvalue weighted by Gasteiger charge is 2.39. The maximum absolute atomic E-state index is 13.3. The van der Waals surface area contributed by atoms with Gasteiger partial charge in [-0.2, -0.15) is 18.4 Å². The third-order valence-corrected chi connectivity index (χ3v) is 6.20. The lowest BCUT2D eigenvalue weighted by atomic mass is 10.1. The minimum atomic E-state index is -4.80. The summed E-state index contributed by atoms with van der Waals surface area (Å²) in [5.74, 6) is -1.05. The third-order valence-electron chi connectivity index (χ3n) is 6.20. The van der Waals surface area contributed by atoms with Gasteiger partial charge in [-0.25, -0.2) is 9.69 Å². The van der Waals surface area contributed by atoms with Gasteiger partial charge in [0.1, 0.15) is 0 Å². The van der Waals surface area contributed by atoms with Gasteiger partial charge in [-0.1, -0.05) is 13.8 Å². The first-order valence-electron chi connectivity index (χ1n) is 11.8. The van der Waals surface area contributed by atoms with Crippen LogP contribution in [-0.2, 0) is 20.5 Å². The number of ether oxygens (including phenoxy) is 1. The Balaban J connectivity index is 1.57. The summed E-state index contributed by atoms with van der Waals surface area (Å²) >= 11 is 0. The van der Waals surface area contributed by atoms with E-state index < -0.39 is 29.1 Å². The molecular weight excluding hydrogens is 477 g/mol. The van der Waals surface area contributed by atoms with Crippen LogP contribution >= 0.6 is 0 Å². The first kappa shape index (κ1) is 27.2. The van der Waals surface area contributed by atoms with Crippen molar-refractivity contribution in [1.29, 1.82) is 5.26 Å². The van der Waals surface area contributed by atoms with Crippen molar-refractivity contribution in [3.63, 3.8) is 0 Å². The normalized spacial score (nSPS) is 17.3. The van der Waals surface area contributed by atoms with E-state index in [2.05, 4.69) is 4.90 Å². The number of halogens is 3. The molecule has 0 bridgehead atoms. The average Bonchev–Trinajstić information content (AvgIpc) is 3.05. The first-order chi connectivity index (χ1) is 16.9. The molecule has 0 aliphatic carbocycles. The maximum Gasteiger partial charge on any atom is 0.417 e. The molecule has 1 fully saturated rings. The number of benzene rings is 1. The highest BCUT2D eigenvalue weighted by molar-refractivity contribution is 6.32. The van der Waals surface area contributed by atoms with Crippen LogP contribution in [0.25, 0.3) is 0 Å². The van der Waals surface area contributed by atoms with Crippen molar-refractivity contribution in [1.82, 2.24) is 9.80 Å². The van der Waals surface area contributed by atoms with Crippen LogP contribution in [-0.4, -0.2) is 67.0 Å². The number of carbonyl (C=O) groups excluding carboxylic acids is 3. The SMILES string of the molecule is CC1=C(CCCN2CCN(C(=O)OCC(C)C)CC2)C(=O)N(c2ccc(C#N)c(C(F)(F)F)c2)C1=O. The predicted octanol–water partition coefficient (Wildman–Crippen LogP) is 3.96. The lowest BCUT2D eigenvalue weighted by molar-refractivity contribution is -0.138. The van der Waals surface area contributed by atoms with Crippen LogP contribution in [0.15, 0.2) is 29.3 Å². The zero-order valence-electron chi connectivity index (χ0n) is 20.5. The van der Waals surface area contributed by atoms with Gasteiger partial charge in [0.2, 0.25) is 0 Å². The molecule has 0 N–H and O–H groups in total. The van der Waals surface area contributed by atoms with E-state index >= 15 is 0 Å². The van der Waals surface area contributed by atoms with Crippen LogP contribution in [0.2, 0.25) is 0 Å². The molecule has 0 saturated carbocycles. The lowest BCUT2D eigenvalue weighted by Crippen LogP contribution is -2.49. The second-order valence-corrected chi connectivity index (χ2v) is 9.29. The van der Waals surface area contributed by atoms with Gasteiger partial charge in [0.05, 0.1) is 29.5 Å². The van der Waals surface area contributed by atoms with Gasteiger partial charge < -0.3 is 9.64 Å². The predicted molar refractivity (Wildman–Crippen MR) is 125 cm³/mol. The van der Waals surface area contributed by atoms with Crippen molar-refractivity contribution in [2.24, 2.45) is 5.92 Å². The number of anilines is 1. The van der Waals surface area contributed by atoms with Crippen LogP contribution in [0.5, 0.6) is 0 Å². The molecule has 1 saturated heterocycles. The Hall–Kier alpha value is -3.39. The van der Waals surface area contributed by atoms with Crippen LogP contribution in [0.3, 0.4) is 0 Å². The molecule has 3 amide bonds. The Kier molecular flexibility index (Phi) is 8.40. The number of imide groups is 1. The van der Waals surface area contributed by atoms with E-state index in [1.807, 2.05) is 13.8 Å². The fourth-order valence-electron chi connectivity index (χ4n) is 4.18. The van der Waals surface area contributed by atoms with E-state index in [4.69, 9.17) is 10.00 Å². The van der Waals surface area contributed by atoms with E-state index in [9.17, 15) is 27.6 Å². The third kappa shape index (κ3) is 6.05. The minimum Gasteiger partial charge on any atom is -0.449 e. The Morgan fingerprint density at radius 3 is 2.39 bits per heavy atom. The molecule has 2 aliphatic heterocycles. The first-order valence-corrected chi connectivity index (χ1v) is 11.8. The summed E-state index contributed by atoms with van der Waals surface area (Å²) in [5, 5.41) is 8.98. The highest BCUT2D eigenvalue weighted by atomic mass is 19.4. The van der Waals surface area contributed by atoms with Crippen molar-refractivity contribution in [3.05, 3.63) is 40.5 Å². The smallest absolute Gasteiger partial charge is 0.417 e. The number of hydrogen-bond acceptors (Lipinski definition) is 6. The molecule has 11 heteroatoms. The number of rotatable bonds is 7. The summed E-state index contributed by atoms with van der Waals surface area (Å²) in [4.78, 5) is 42.4. The number of carbonyl (C=O) groups is 3. The van der Waals surface area contributed by atoms with Crippen molar-refractivity contribution in [2.75, 3.05) is 44.2 Å². The van der Waals surface area contributed by atoms with Gasteiger partial charge in [0, 0.05) is 37.3 Å². The lowest BCUT2D eigenvalue weighted by Gasteiger charge is -2.34. The average molecular weight is 507 g/mol. The molecule has 194 valence electrons. The Morgan fingerprint density at radius 1 is 1.14 bits per heavy atom. The zero-order valence-corrected chi connectivity index (χ0v) is 20.5. The number of alkyl halides is 3. The molecule has 0 aromatic heterocycles. The second kappa shape index (κ2) is 11.1. The summed E-state index contributed by atoms with van der Waals surface area (Å²) in [6.07, 6.45) is -4.26. The van der Waals surface area contributed by atoms with Gasteiger partial charge >= 0.3 is 12.3 Å². The molecular formula is C25H29F3N4O4. The molecule has 0 radical (unpaired) electrons. The van der Waals surface area contributed by atoms with E-state index in [-0.39, 0.29) is 28.8 Å². The standard InChI is InChI=1S/C25H29F3N4O4/c1-16(2)15-36-24(35)31-11-9-30(10-12-31)8-4-5-20-17(3)22(33)32(23(20)34)19-7-6-18(14-29)21(13-19)25(26,27)28/h6-7,13,16H,4-5,8-12,15H2,1-3H3. The monoisotopic (exact) mass is 506 g/mol. The van der Waals surface area contributed by atoms with Crippen molar-refractivity contribution in [2.45, 2.75) is 39.8 Å². The topological polar surface area (TPSA) is 93.9 Å². The Labute approximate surface area is 207 Å². The molecule has 8 nitrogen and oxygen atoms in total. The number of piperazine rings is 1. The van der Waals surface area contributed by atoms with Crippen molar-refractivity contribution >= 4 is 23.6 Å². The number of amides is 3. The summed E-state index contributed by atoms with van der Waals surface area (Å²) in [6.45, 7) is 8.81. The molecule has 2 aliphatic rings. The largest absolute Gasteiger partial charge is 0.449 e. The number of hydrogen-bond donors (Lipinski definition) is 0. The van der Waals surface area contributed by atoms with Gasteiger partial charge in [-0.3, -0.25) is 14.5 Å². The minimum absolute atomic E-state index is 0.204. The molecule has 2 heterocycles. The fourth-order valence-corrected chi connectivity index (χ4v) is 4.18. The maximum atomic E-state index is 13.3. The number of nitriles is 1. The number of nitrogens with zero attached hydrogens (tertiary/aromatic N) is 4. The quantitative estimate of drug-likeness (QED) is 0.520. The van der Waals surface area contributed by atoms with E-state index in [1.54, 1.807) is 4.90 Å². The highest BCUT2D eigenvalue weighted by Crippen LogP contribution is 2.36. The Bertz CT molecular complexity index is 1100. The zero-order chi connectivity index (χ0) is 26.6. The summed E-state index contributed by atoms with van der Waals surface area (Å²) < 4.78 is 45.3. The van der Waals surface area contributed by atoms with E-state index in [0.29, 0.717) is 58.2 Å². The fraction of sp³-hybridized carbons (Fsp3) is 0.520. The summed E-state index contributed by atoms with van der Waals surface area (Å²) in [6, 6.07) is 4.28. The van der Waals surface area contributed by atoms with Crippen LogP contribution in [0.1, 0.15) is 44.7 Å². The van der Waals surface area contributed by atoms with Gasteiger partial charge in [-0.05, 0) is 50.4 Å². The molecule has 1 aromatic rings. The van der Waals surface area contributed by atoms with Crippen LogP contribution in [0, 0.1) is 17.2 Å². The second-order valence-electron chi connectivity index (χ2n) is 9.29.